The number of amides is 1. The number of nitrogens with zero attached hydrogens (tertiary/aromatic N) is 2. The van der Waals surface area contributed by atoms with Gasteiger partial charge in [-0.1, -0.05) is 0 Å². The maximum absolute atomic E-state index is 12.1. The molecule has 0 fully saturated rings. The molecule has 0 aliphatic rings. The molecule has 1 heterocycles. The highest BCUT2D eigenvalue weighted by Crippen LogP contribution is 2.09. The van der Waals surface area contributed by atoms with Gasteiger partial charge in [0, 0.05) is 30.9 Å². The van der Waals surface area contributed by atoms with Crippen molar-refractivity contribution in [1.29, 1.82) is 0 Å². The van der Waals surface area contributed by atoms with Crippen LogP contribution in [0.25, 0.3) is 0 Å². The van der Waals surface area contributed by atoms with Crippen molar-refractivity contribution in [1.82, 2.24) is 15.2 Å². The van der Waals surface area contributed by atoms with Crippen LogP contribution in [0.4, 0.5) is 5.82 Å². The molecule has 0 aliphatic carbocycles. The van der Waals surface area contributed by atoms with Gasteiger partial charge in [0.25, 0.3) is 5.91 Å². The number of hydrogen-bond acceptors (Lipinski definition) is 4. The molecule has 20 heavy (non-hydrogen) atoms. The molecule has 0 aliphatic heterocycles. The van der Waals surface area contributed by atoms with Crippen molar-refractivity contribution in [3.05, 3.63) is 23.4 Å². The number of carbonyl (C=O) groups is 1. The summed E-state index contributed by atoms with van der Waals surface area (Å²) in [5, 5.41) is 5.91. The molecule has 0 spiro atoms. The molecule has 5 heteroatoms. The van der Waals surface area contributed by atoms with E-state index < -0.39 is 0 Å². The van der Waals surface area contributed by atoms with Gasteiger partial charge in [-0.15, -0.1) is 0 Å². The average molecular weight is 278 g/mol. The lowest BCUT2D eigenvalue weighted by molar-refractivity contribution is 0.0951. The Labute approximate surface area is 121 Å². The van der Waals surface area contributed by atoms with E-state index in [0.29, 0.717) is 18.2 Å². The van der Waals surface area contributed by atoms with Gasteiger partial charge < -0.3 is 15.5 Å². The lowest BCUT2D eigenvalue weighted by atomic mass is 10.2. The Morgan fingerprint density at radius 1 is 1.40 bits per heavy atom. The van der Waals surface area contributed by atoms with E-state index >= 15 is 0 Å². The van der Waals surface area contributed by atoms with Crippen molar-refractivity contribution in [2.75, 3.05) is 32.5 Å². The largest absolute Gasteiger partial charge is 0.373 e. The highest BCUT2D eigenvalue weighted by atomic mass is 16.1. The number of nitrogens with one attached hydrogen (secondary N) is 2. The third kappa shape index (κ3) is 5.17. The molecule has 1 aromatic heterocycles. The molecule has 112 valence electrons. The fraction of sp³-hybridized carbons (Fsp3) is 0.600. The molecule has 2 N–H and O–H groups in total. The van der Waals surface area contributed by atoms with Gasteiger partial charge in [-0.05, 0) is 52.9 Å². The smallest absolute Gasteiger partial charge is 0.251 e. The lowest BCUT2D eigenvalue weighted by Crippen LogP contribution is -2.31. The topological polar surface area (TPSA) is 57.3 Å². The molecule has 1 amide bonds. The Hall–Kier alpha value is -1.62. The van der Waals surface area contributed by atoms with Crippen LogP contribution in [0.2, 0.25) is 0 Å². The SMILES string of the molecule is CNc1cc(C(=O)NCCCN(C)C(C)C)cc(C)n1. The summed E-state index contributed by atoms with van der Waals surface area (Å²) in [4.78, 5) is 18.6. The first kappa shape index (κ1) is 16.4. The van der Waals surface area contributed by atoms with E-state index in [2.05, 4.69) is 41.4 Å². The molecule has 0 saturated carbocycles. The molecular formula is C15H26N4O. The Bertz CT molecular complexity index is 445. The summed E-state index contributed by atoms with van der Waals surface area (Å²) in [5.41, 5.74) is 1.49. The van der Waals surface area contributed by atoms with Gasteiger partial charge in [-0.25, -0.2) is 4.98 Å². The summed E-state index contributed by atoms with van der Waals surface area (Å²) in [5.74, 6) is 0.675. The third-order valence-corrected chi connectivity index (χ3v) is 3.33. The predicted molar refractivity (Wildman–Crippen MR) is 83.2 cm³/mol. The highest BCUT2D eigenvalue weighted by Gasteiger charge is 2.08. The summed E-state index contributed by atoms with van der Waals surface area (Å²) in [6.45, 7) is 7.88. The minimum atomic E-state index is -0.0424. The number of pyridine rings is 1. The van der Waals surface area contributed by atoms with Crippen LogP contribution in [0.5, 0.6) is 0 Å². The van der Waals surface area contributed by atoms with Crippen LogP contribution in [0.1, 0.15) is 36.3 Å². The minimum absolute atomic E-state index is 0.0424. The zero-order valence-electron chi connectivity index (χ0n) is 13.2. The zero-order chi connectivity index (χ0) is 15.1. The lowest BCUT2D eigenvalue weighted by Gasteiger charge is -2.20. The van der Waals surface area contributed by atoms with Crippen molar-refractivity contribution in [3.8, 4) is 0 Å². The summed E-state index contributed by atoms with van der Waals surface area (Å²) in [6.07, 6.45) is 0.948. The maximum Gasteiger partial charge on any atom is 0.251 e. The first-order chi connectivity index (χ1) is 9.43. The highest BCUT2D eigenvalue weighted by molar-refractivity contribution is 5.94. The summed E-state index contributed by atoms with van der Waals surface area (Å²) < 4.78 is 0. The Kier molecular flexibility index (Phi) is 6.45. The predicted octanol–water partition coefficient (Wildman–Crippen LogP) is 1.89. The van der Waals surface area contributed by atoms with Crippen molar-refractivity contribution in [2.24, 2.45) is 0 Å². The normalized spacial score (nSPS) is 10.9. The van der Waals surface area contributed by atoms with Crippen molar-refractivity contribution in [2.45, 2.75) is 33.2 Å². The van der Waals surface area contributed by atoms with E-state index in [1.165, 1.54) is 0 Å². The van der Waals surface area contributed by atoms with Crippen LogP contribution in [0.3, 0.4) is 0 Å². The number of anilines is 1. The zero-order valence-corrected chi connectivity index (χ0v) is 13.2. The monoisotopic (exact) mass is 278 g/mol. The van der Waals surface area contributed by atoms with Crippen LogP contribution in [0.15, 0.2) is 12.1 Å². The summed E-state index contributed by atoms with van der Waals surface area (Å²) in [6, 6.07) is 4.10. The Morgan fingerprint density at radius 3 is 2.70 bits per heavy atom. The van der Waals surface area contributed by atoms with Crippen LogP contribution in [-0.2, 0) is 0 Å². The fourth-order valence-electron chi connectivity index (χ4n) is 1.82. The molecule has 1 aromatic rings. The molecule has 0 saturated heterocycles. The number of aryl methyl sites for hydroxylation is 1. The van der Waals surface area contributed by atoms with Crippen LogP contribution in [0, 0.1) is 6.92 Å². The number of carbonyl (C=O) groups excluding carboxylic acids is 1. The van der Waals surface area contributed by atoms with E-state index in [9.17, 15) is 4.79 Å². The minimum Gasteiger partial charge on any atom is -0.373 e. The quantitative estimate of drug-likeness (QED) is 0.748. The van der Waals surface area contributed by atoms with Crippen LogP contribution >= 0.6 is 0 Å². The van der Waals surface area contributed by atoms with E-state index in [4.69, 9.17) is 0 Å². The third-order valence-electron chi connectivity index (χ3n) is 3.33. The Morgan fingerprint density at radius 2 is 2.10 bits per heavy atom. The second-order valence-electron chi connectivity index (χ2n) is 5.32. The van der Waals surface area contributed by atoms with E-state index in [-0.39, 0.29) is 5.91 Å². The van der Waals surface area contributed by atoms with E-state index in [1.54, 1.807) is 19.2 Å². The van der Waals surface area contributed by atoms with Gasteiger partial charge in [-0.3, -0.25) is 4.79 Å². The van der Waals surface area contributed by atoms with Gasteiger partial charge >= 0.3 is 0 Å². The van der Waals surface area contributed by atoms with Crippen molar-refractivity contribution in [3.63, 3.8) is 0 Å². The van der Waals surface area contributed by atoms with E-state index in [1.807, 2.05) is 6.92 Å². The summed E-state index contributed by atoms with van der Waals surface area (Å²) >= 11 is 0. The van der Waals surface area contributed by atoms with Gasteiger partial charge in [0.15, 0.2) is 0 Å². The second-order valence-corrected chi connectivity index (χ2v) is 5.32. The molecule has 0 atom stereocenters. The molecular weight excluding hydrogens is 252 g/mol. The summed E-state index contributed by atoms with van der Waals surface area (Å²) in [7, 11) is 3.89. The molecule has 0 unspecified atom stereocenters. The van der Waals surface area contributed by atoms with Gasteiger partial charge in [0.1, 0.15) is 5.82 Å². The standard InChI is InChI=1S/C15H26N4O/c1-11(2)19(5)8-6-7-17-15(20)13-9-12(3)18-14(10-13)16-4/h9-11H,6-8H2,1-5H3,(H,16,18)(H,17,20). The number of rotatable bonds is 7. The average Bonchev–Trinajstić information content (AvgIpc) is 2.42. The second kappa shape index (κ2) is 7.85. The fourth-order valence-corrected chi connectivity index (χ4v) is 1.82. The van der Waals surface area contributed by atoms with Gasteiger partial charge in [0.05, 0.1) is 0 Å². The first-order valence-electron chi connectivity index (χ1n) is 7.09. The van der Waals surface area contributed by atoms with Crippen LogP contribution in [-0.4, -0.2) is 49.0 Å². The molecule has 0 radical (unpaired) electrons. The maximum atomic E-state index is 12.1. The van der Waals surface area contributed by atoms with Crippen molar-refractivity contribution < 1.29 is 4.79 Å². The van der Waals surface area contributed by atoms with E-state index in [0.717, 1.165) is 24.5 Å². The first-order valence-corrected chi connectivity index (χ1v) is 7.09. The molecule has 0 bridgehead atoms. The Balaban J connectivity index is 2.45. The number of aromatic nitrogens is 1. The van der Waals surface area contributed by atoms with Gasteiger partial charge in [0.2, 0.25) is 0 Å². The molecule has 0 aromatic carbocycles. The van der Waals surface area contributed by atoms with Crippen LogP contribution < -0.4 is 10.6 Å². The molecule has 5 nitrogen and oxygen atoms in total. The van der Waals surface area contributed by atoms with Crippen molar-refractivity contribution >= 4 is 11.7 Å². The van der Waals surface area contributed by atoms with Gasteiger partial charge in [-0.2, -0.15) is 0 Å². The molecule has 1 rings (SSSR count). The number of hydrogen-bond donors (Lipinski definition) is 2.